The second-order valence-corrected chi connectivity index (χ2v) is 5.80. The van der Waals surface area contributed by atoms with E-state index in [4.69, 9.17) is 0 Å². The van der Waals surface area contributed by atoms with Crippen LogP contribution in [0.25, 0.3) is 0 Å². The molecule has 1 heterocycles. The molecule has 0 aromatic heterocycles. The minimum Gasteiger partial charge on any atom is -0.315 e. The van der Waals surface area contributed by atoms with E-state index in [-0.39, 0.29) is 0 Å². The molecule has 1 N–H and O–H groups in total. The van der Waals surface area contributed by atoms with E-state index in [2.05, 4.69) is 29.0 Å². The fraction of sp³-hybridized carbons (Fsp3) is 1.00. The molecule has 0 aromatic rings. The molecule has 0 amide bonds. The van der Waals surface area contributed by atoms with Gasteiger partial charge in [0.2, 0.25) is 0 Å². The standard InChI is InChI=1S/C11H22N2S/c1-13(11-2-3-11)6-5-12-8-10-4-7-14-9-10/h10-12H,2-9H2,1H3. The summed E-state index contributed by atoms with van der Waals surface area (Å²) in [6.07, 6.45) is 4.28. The molecule has 2 nitrogen and oxygen atoms in total. The van der Waals surface area contributed by atoms with Crippen LogP contribution in [0.2, 0.25) is 0 Å². The van der Waals surface area contributed by atoms with Crippen molar-refractivity contribution in [2.24, 2.45) is 5.92 Å². The van der Waals surface area contributed by atoms with Crippen molar-refractivity contribution in [2.75, 3.05) is 38.2 Å². The van der Waals surface area contributed by atoms with Gasteiger partial charge in [-0.15, -0.1) is 0 Å². The molecule has 1 atom stereocenters. The molecule has 82 valence electrons. The van der Waals surface area contributed by atoms with E-state index in [0.29, 0.717) is 0 Å². The summed E-state index contributed by atoms with van der Waals surface area (Å²) in [7, 11) is 2.25. The average molecular weight is 214 g/mol. The summed E-state index contributed by atoms with van der Waals surface area (Å²) < 4.78 is 0. The summed E-state index contributed by atoms with van der Waals surface area (Å²) in [6.45, 7) is 3.64. The third-order valence-corrected chi connectivity index (χ3v) is 4.50. The molecule has 2 fully saturated rings. The van der Waals surface area contributed by atoms with Crippen LogP contribution in [0.15, 0.2) is 0 Å². The van der Waals surface area contributed by atoms with Crippen LogP contribution in [0.3, 0.4) is 0 Å². The third-order valence-electron chi connectivity index (χ3n) is 3.27. The molecule has 1 aliphatic heterocycles. The number of hydrogen-bond acceptors (Lipinski definition) is 3. The first-order chi connectivity index (χ1) is 6.86. The van der Waals surface area contributed by atoms with E-state index in [1.165, 1.54) is 50.4 Å². The Balaban J connectivity index is 1.46. The zero-order valence-corrected chi connectivity index (χ0v) is 9.98. The van der Waals surface area contributed by atoms with Crippen LogP contribution in [0, 0.1) is 5.92 Å². The Kier molecular flexibility index (Phi) is 4.14. The Morgan fingerprint density at radius 3 is 2.86 bits per heavy atom. The van der Waals surface area contributed by atoms with Crippen LogP contribution in [-0.4, -0.2) is 49.1 Å². The van der Waals surface area contributed by atoms with Crippen LogP contribution in [0.5, 0.6) is 0 Å². The number of nitrogens with zero attached hydrogens (tertiary/aromatic N) is 1. The molecular formula is C11H22N2S. The van der Waals surface area contributed by atoms with Crippen LogP contribution in [0.4, 0.5) is 0 Å². The molecule has 0 spiro atoms. The van der Waals surface area contributed by atoms with Gasteiger partial charge in [-0.3, -0.25) is 0 Å². The minimum atomic E-state index is 0.916. The first-order valence-electron chi connectivity index (χ1n) is 5.85. The van der Waals surface area contributed by atoms with Crippen molar-refractivity contribution < 1.29 is 0 Å². The summed E-state index contributed by atoms with van der Waals surface area (Å²) in [4.78, 5) is 2.50. The van der Waals surface area contributed by atoms with Crippen LogP contribution >= 0.6 is 11.8 Å². The average Bonchev–Trinajstić information content (AvgIpc) is 2.92. The lowest BCUT2D eigenvalue weighted by Crippen LogP contribution is -2.33. The fourth-order valence-corrected chi connectivity index (χ4v) is 3.29. The summed E-state index contributed by atoms with van der Waals surface area (Å²) in [6, 6.07) is 0.916. The molecule has 1 saturated heterocycles. The van der Waals surface area contributed by atoms with Crippen molar-refractivity contribution in [1.29, 1.82) is 0 Å². The van der Waals surface area contributed by atoms with Crippen molar-refractivity contribution in [2.45, 2.75) is 25.3 Å². The lowest BCUT2D eigenvalue weighted by atomic mass is 10.1. The normalized spacial score (nSPS) is 27.4. The molecule has 0 radical (unpaired) electrons. The number of rotatable bonds is 6. The van der Waals surface area contributed by atoms with E-state index in [1.807, 2.05) is 0 Å². The number of likely N-dealkylation sites (N-methyl/N-ethyl adjacent to an activating group) is 1. The van der Waals surface area contributed by atoms with Gasteiger partial charge >= 0.3 is 0 Å². The predicted molar refractivity (Wildman–Crippen MR) is 64.0 cm³/mol. The largest absolute Gasteiger partial charge is 0.315 e. The zero-order chi connectivity index (χ0) is 9.80. The van der Waals surface area contributed by atoms with Gasteiger partial charge in [-0.05, 0) is 50.3 Å². The van der Waals surface area contributed by atoms with E-state index in [1.54, 1.807) is 0 Å². The number of hydrogen-bond donors (Lipinski definition) is 1. The molecule has 1 aliphatic carbocycles. The van der Waals surface area contributed by atoms with Crippen molar-refractivity contribution in [3.05, 3.63) is 0 Å². The molecule has 14 heavy (non-hydrogen) atoms. The van der Waals surface area contributed by atoms with Gasteiger partial charge in [0.15, 0.2) is 0 Å². The number of thioether (sulfide) groups is 1. The smallest absolute Gasteiger partial charge is 0.0107 e. The Labute approximate surface area is 91.8 Å². The summed E-state index contributed by atoms with van der Waals surface area (Å²) in [5.74, 6) is 3.71. The van der Waals surface area contributed by atoms with Crippen LogP contribution in [-0.2, 0) is 0 Å². The van der Waals surface area contributed by atoms with Crippen molar-refractivity contribution in [3.8, 4) is 0 Å². The van der Waals surface area contributed by atoms with Gasteiger partial charge in [-0.25, -0.2) is 0 Å². The van der Waals surface area contributed by atoms with Gasteiger partial charge in [0, 0.05) is 19.1 Å². The lowest BCUT2D eigenvalue weighted by Gasteiger charge is -2.16. The summed E-state index contributed by atoms with van der Waals surface area (Å²) >= 11 is 2.11. The molecule has 0 bridgehead atoms. The van der Waals surface area contributed by atoms with Crippen molar-refractivity contribution in [3.63, 3.8) is 0 Å². The topological polar surface area (TPSA) is 15.3 Å². The molecule has 2 aliphatic rings. The van der Waals surface area contributed by atoms with Gasteiger partial charge in [0.1, 0.15) is 0 Å². The predicted octanol–water partition coefficient (Wildman–Crippen LogP) is 1.42. The monoisotopic (exact) mass is 214 g/mol. The Morgan fingerprint density at radius 1 is 1.36 bits per heavy atom. The van der Waals surface area contributed by atoms with E-state index in [0.717, 1.165) is 12.0 Å². The van der Waals surface area contributed by atoms with E-state index < -0.39 is 0 Å². The van der Waals surface area contributed by atoms with Crippen LogP contribution < -0.4 is 5.32 Å². The van der Waals surface area contributed by atoms with E-state index >= 15 is 0 Å². The quantitative estimate of drug-likeness (QED) is 0.673. The molecule has 3 heteroatoms. The molecule has 1 unspecified atom stereocenters. The maximum Gasteiger partial charge on any atom is 0.0107 e. The van der Waals surface area contributed by atoms with Gasteiger partial charge in [0.25, 0.3) is 0 Å². The van der Waals surface area contributed by atoms with Crippen molar-refractivity contribution in [1.82, 2.24) is 10.2 Å². The van der Waals surface area contributed by atoms with E-state index in [9.17, 15) is 0 Å². The highest BCUT2D eigenvalue weighted by molar-refractivity contribution is 7.99. The second kappa shape index (κ2) is 5.38. The van der Waals surface area contributed by atoms with Gasteiger partial charge in [0.05, 0.1) is 0 Å². The maximum atomic E-state index is 3.59. The van der Waals surface area contributed by atoms with Crippen LogP contribution in [0.1, 0.15) is 19.3 Å². The highest BCUT2D eigenvalue weighted by Gasteiger charge is 2.25. The van der Waals surface area contributed by atoms with Gasteiger partial charge in [-0.2, -0.15) is 11.8 Å². The summed E-state index contributed by atoms with van der Waals surface area (Å²) in [5, 5.41) is 3.59. The lowest BCUT2D eigenvalue weighted by molar-refractivity contribution is 0.318. The molecule has 1 saturated carbocycles. The molecular weight excluding hydrogens is 192 g/mol. The summed E-state index contributed by atoms with van der Waals surface area (Å²) in [5.41, 5.74) is 0. The Hall–Kier alpha value is 0.270. The highest BCUT2D eigenvalue weighted by Crippen LogP contribution is 2.24. The highest BCUT2D eigenvalue weighted by atomic mass is 32.2. The Bertz CT molecular complexity index is 161. The molecule has 2 rings (SSSR count). The minimum absolute atomic E-state index is 0.916. The number of nitrogens with one attached hydrogen (secondary N) is 1. The van der Waals surface area contributed by atoms with Gasteiger partial charge in [-0.1, -0.05) is 0 Å². The first-order valence-corrected chi connectivity index (χ1v) is 7.00. The second-order valence-electron chi connectivity index (χ2n) is 4.65. The maximum absolute atomic E-state index is 3.59. The third kappa shape index (κ3) is 3.44. The van der Waals surface area contributed by atoms with Gasteiger partial charge < -0.3 is 10.2 Å². The zero-order valence-electron chi connectivity index (χ0n) is 9.17. The van der Waals surface area contributed by atoms with Crippen molar-refractivity contribution >= 4 is 11.8 Å². The first kappa shape index (κ1) is 10.8. The molecule has 0 aromatic carbocycles. The fourth-order valence-electron chi connectivity index (χ4n) is 2.00. The Morgan fingerprint density at radius 2 is 2.21 bits per heavy atom. The SMILES string of the molecule is CN(CCNCC1CCSC1)C1CC1.